The van der Waals surface area contributed by atoms with Crippen molar-refractivity contribution in [1.82, 2.24) is 10.2 Å². The average molecular weight is 463 g/mol. The van der Waals surface area contributed by atoms with Gasteiger partial charge in [-0.05, 0) is 43.4 Å². The molecule has 3 aliphatic rings. The molecule has 2 heterocycles. The van der Waals surface area contributed by atoms with Gasteiger partial charge in [0.25, 0.3) is 0 Å². The van der Waals surface area contributed by atoms with Gasteiger partial charge in [0.05, 0.1) is 23.9 Å². The van der Waals surface area contributed by atoms with E-state index in [9.17, 15) is 14.7 Å². The molecule has 7 heteroatoms. The summed E-state index contributed by atoms with van der Waals surface area (Å²) < 4.78 is 5.54. The third kappa shape index (κ3) is 4.60. The van der Waals surface area contributed by atoms with Gasteiger partial charge in [-0.1, -0.05) is 44.5 Å². The number of hydrogen-bond acceptors (Lipinski definition) is 5. The third-order valence-corrected chi connectivity index (χ3v) is 8.22. The highest BCUT2D eigenvalue weighted by molar-refractivity contribution is 6.30. The lowest BCUT2D eigenvalue weighted by Gasteiger charge is -2.51. The molecule has 1 spiro atoms. The Morgan fingerprint density at radius 3 is 2.59 bits per heavy atom. The molecular weight excluding hydrogens is 428 g/mol. The Morgan fingerprint density at radius 2 is 2.03 bits per heavy atom. The summed E-state index contributed by atoms with van der Waals surface area (Å²) in [6.45, 7) is 8.68. The number of epoxide rings is 1. The van der Waals surface area contributed by atoms with E-state index in [1.54, 1.807) is 0 Å². The number of nitrogens with zero attached hydrogens (tertiary/aromatic N) is 1. The molecule has 5 atom stereocenters. The van der Waals surface area contributed by atoms with Crippen molar-refractivity contribution < 1.29 is 19.4 Å². The van der Waals surface area contributed by atoms with Crippen LogP contribution in [0.4, 0.5) is 0 Å². The van der Waals surface area contributed by atoms with E-state index in [4.69, 9.17) is 16.3 Å². The summed E-state index contributed by atoms with van der Waals surface area (Å²) in [7, 11) is 0. The molecule has 2 saturated heterocycles. The Bertz CT molecular complexity index is 854. The predicted octanol–water partition coefficient (Wildman–Crippen LogP) is 3.15. The van der Waals surface area contributed by atoms with Gasteiger partial charge in [0.2, 0.25) is 5.91 Å². The van der Waals surface area contributed by atoms with Gasteiger partial charge in [0, 0.05) is 41.9 Å². The molecule has 0 radical (unpaired) electrons. The van der Waals surface area contributed by atoms with Gasteiger partial charge in [-0.15, -0.1) is 0 Å². The van der Waals surface area contributed by atoms with Gasteiger partial charge in [-0.25, -0.2) is 0 Å². The highest BCUT2D eigenvalue weighted by Gasteiger charge is 2.52. The standard InChI is InChI=1S/C25H35ClN2O4/c1-17(14-29)21(27-22(30)18-8-9-24(12-18)16-32-24)13-28-11-10-25(31,23(2,3)15-28)19-4-6-20(26)7-5-19/h4-7,14,17-18,21,31H,8-13,15-16H2,1-3H3,(H,27,30)/t17-,18?,21?,24?,25-/m0/s1. The van der Waals surface area contributed by atoms with Gasteiger partial charge in [0.15, 0.2) is 0 Å². The van der Waals surface area contributed by atoms with Gasteiger partial charge in [0.1, 0.15) is 6.29 Å². The molecule has 4 rings (SSSR count). The predicted molar refractivity (Wildman–Crippen MR) is 123 cm³/mol. The summed E-state index contributed by atoms with van der Waals surface area (Å²) in [6.07, 6.45) is 4.07. The van der Waals surface area contributed by atoms with E-state index in [0.717, 1.165) is 37.7 Å². The molecule has 6 nitrogen and oxygen atoms in total. The van der Waals surface area contributed by atoms with Crippen LogP contribution in [0.3, 0.4) is 0 Å². The van der Waals surface area contributed by atoms with Crippen LogP contribution in [0.25, 0.3) is 0 Å². The summed E-state index contributed by atoms with van der Waals surface area (Å²) in [6, 6.07) is 7.17. The number of benzene rings is 1. The minimum Gasteiger partial charge on any atom is -0.385 e. The van der Waals surface area contributed by atoms with Crippen molar-refractivity contribution in [2.24, 2.45) is 17.3 Å². The number of hydrogen-bond donors (Lipinski definition) is 2. The zero-order valence-electron chi connectivity index (χ0n) is 19.3. The first-order chi connectivity index (χ1) is 15.1. The smallest absolute Gasteiger partial charge is 0.223 e. The SMILES string of the molecule is C[C@@H](C=O)C(CN1CC[C@](O)(c2ccc(Cl)cc2)C(C)(C)C1)NC(=O)C1CCC2(CO2)C1. The fourth-order valence-corrected chi connectivity index (χ4v) is 5.67. The second kappa shape index (κ2) is 8.71. The Labute approximate surface area is 195 Å². The lowest BCUT2D eigenvalue weighted by Crippen LogP contribution is -2.58. The number of aliphatic hydroxyl groups is 1. The lowest BCUT2D eigenvalue weighted by molar-refractivity contribution is -0.132. The second-order valence-electron chi connectivity index (χ2n) is 10.8. The molecule has 3 fully saturated rings. The van der Waals surface area contributed by atoms with Crippen molar-refractivity contribution in [1.29, 1.82) is 0 Å². The van der Waals surface area contributed by atoms with E-state index in [-0.39, 0.29) is 29.4 Å². The van der Waals surface area contributed by atoms with Crippen molar-refractivity contribution in [3.63, 3.8) is 0 Å². The molecule has 176 valence electrons. The molecule has 1 aromatic carbocycles. The minimum absolute atomic E-state index is 0.0324. The van der Waals surface area contributed by atoms with Crippen LogP contribution < -0.4 is 5.32 Å². The monoisotopic (exact) mass is 462 g/mol. The van der Waals surface area contributed by atoms with Crippen LogP contribution in [-0.2, 0) is 19.9 Å². The summed E-state index contributed by atoms with van der Waals surface area (Å²) in [4.78, 5) is 26.8. The first-order valence-corrected chi connectivity index (χ1v) is 12.1. The van der Waals surface area contributed by atoms with Gasteiger partial charge < -0.3 is 24.9 Å². The number of likely N-dealkylation sites (tertiary alicyclic amines) is 1. The molecule has 1 aromatic rings. The molecule has 3 unspecified atom stereocenters. The first kappa shape index (κ1) is 23.7. The molecule has 1 amide bonds. The van der Waals surface area contributed by atoms with Crippen LogP contribution in [0, 0.1) is 17.3 Å². The molecular formula is C25H35ClN2O4. The first-order valence-electron chi connectivity index (χ1n) is 11.7. The quantitative estimate of drug-likeness (QED) is 0.480. The van der Waals surface area contributed by atoms with Gasteiger partial charge in [-0.2, -0.15) is 0 Å². The molecule has 1 saturated carbocycles. The van der Waals surface area contributed by atoms with E-state index in [1.807, 2.05) is 31.2 Å². The second-order valence-corrected chi connectivity index (χ2v) is 11.2. The van der Waals surface area contributed by atoms with Crippen LogP contribution >= 0.6 is 11.6 Å². The minimum atomic E-state index is -0.967. The topological polar surface area (TPSA) is 82.2 Å². The van der Waals surface area contributed by atoms with Crippen LogP contribution in [-0.4, -0.2) is 60.1 Å². The Kier molecular flexibility index (Phi) is 6.45. The summed E-state index contributed by atoms with van der Waals surface area (Å²) >= 11 is 6.04. The lowest BCUT2D eigenvalue weighted by atomic mass is 9.66. The zero-order chi connectivity index (χ0) is 23.1. The largest absolute Gasteiger partial charge is 0.385 e. The highest BCUT2D eigenvalue weighted by Crippen LogP contribution is 2.47. The summed E-state index contributed by atoms with van der Waals surface area (Å²) in [5, 5.41) is 15.4. The maximum atomic E-state index is 12.9. The molecule has 0 bridgehead atoms. The van der Waals surface area contributed by atoms with Gasteiger partial charge in [-0.3, -0.25) is 4.79 Å². The number of amides is 1. The fourth-order valence-electron chi connectivity index (χ4n) is 5.54. The molecule has 2 N–H and O–H groups in total. The normalized spacial score (nSPS) is 33.6. The zero-order valence-corrected chi connectivity index (χ0v) is 20.0. The molecule has 0 aromatic heterocycles. The van der Waals surface area contributed by atoms with Crippen LogP contribution in [0.2, 0.25) is 5.02 Å². The highest BCUT2D eigenvalue weighted by atomic mass is 35.5. The van der Waals surface area contributed by atoms with Crippen molar-refractivity contribution in [2.45, 2.75) is 63.7 Å². The number of halogens is 1. The van der Waals surface area contributed by atoms with E-state index in [1.165, 1.54) is 0 Å². The van der Waals surface area contributed by atoms with Crippen molar-refractivity contribution in [3.05, 3.63) is 34.9 Å². The molecule has 1 aliphatic carbocycles. The summed E-state index contributed by atoms with van der Waals surface area (Å²) in [5.41, 5.74) is -0.559. The number of carbonyl (C=O) groups excluding carboxylic acids is 2. The van der Waals surface area contributed by atoms with E-state index in [0.29, 0.717) is 31.1 Å². The Hall–Kier alpha value is -1.47. The maximum absolute atomic E-state index is 12.9. The number of carbonyl (C=O) groups is 2. The molecule has 2 aliphatic heterocycles. The van der Waals surface area contributed by atoms with Crippen LogP contribution in [0.1, 0.15) is 52.0 Å². The van der Waals surface area contributed by atoms with E-state index in [2.05, 4.69) is 24.1 Å². The van der Waals surface area contributed by atoms with Crippen molar-refractivity contribution >= 4 is 23.8 Å². The van der Waals surface area contributed by atoms with E-state index >= 15 is 0 Å². The average Bonchev–Trinajstić information content (AvgIpc) is 3.38. The van der Waals surface area contributed by atoms with Gasteiger partial charge >= 0.3 is 0 Å². The fraction of sp³-hybridized carbons (Fsp3) is 0.680. The third-order valence-electron chi connectivity index (χ3n) is 7.97. The molecule has 32 heavy (non-hydrogen) atoms. The Balaban J connectivity index is 1.41. The van der Waals surface area contributed by atoms with E-state index < -0.39 is 11.0 Å². The number of rotatable bonds is 7. The number of ether oxygens (including phenoxy) is 1. The van der Waals surface area contributed by atoms with Crippen molar-refractivity contribution in [2.75, 3.05) is 26.2 Å². The number of nitrogens with one attached hydrogen (secondary N) is 1. The summed E-state index contributed by atoms with van der Waals surface area (Å²) in [5.74, 6) is -0.289. The Morgan fingerprint density at radius 1 is 1.34 bits per heavy atom. The van der Waals surface area contributed by atoms with Crippen LogP contribution in [0.15, 0.2) is 24.3 Å². The number of aldehydes is 1. The van der Waals surface area contributed by atoms with Crippen LogP contribution in [0.5, 0.6) is 0 Å². The van der Waals surface area contributed by atoms with Crippen molar-refractivity contribution in [3.8, 4) is 0 Å². The number of piperidine rings is 1. The maximum Gasteiger partial charge on any atom is 0.223 e.